The molecule has 2 aromatic rings. The zero-order valence-corrected chi connectivity index (χ0v) is 12.7. The van der Waals surface area contributed by atoms with Crippen molar-refractivity contribution in [3.8, 4) is 11.5 Å². The highest BCUT2D eigenvalue weighted by molar-refractivity contribution is 5.48. The van der Waals surface area contributed by atoms with Gasteiger partial charge in [-0.1, -0.05) is 26.0 Å². The molecule has 1 aliphatic heterocycles. The standard InChI is InChI=1S/C16H21N3O2/c1-11(2)15-13(9-19(3)18-15)8-17-7-12-5-4-6-14-16(12)21-10-20-14/h4-6,9,11,17H,7-8,10H2,1-3H3. The third-order valence-corrected chi connectivity index (χ3v) is 3.59. The first-order chi connectivity index (χ1) is 10.1. The average molecular weight is 287 g/mol. The first kappa shape index (κ1) is 13.9. The van der Waals surface area contributed by atoms with E-state index in [-0.39, 0.29) is 0 Å². The molecule has 1 N–H and O–H groups in total. The summed E-state index contributed by atoms with van der Waals surface area (Å²) in [5.41, 5.74) is 3.53. The van der Waals surface area contributed by atoms with E-state index >= 15 is 0 Å². The molecule has 1 aromatic carbocycles. The van der Waals surface area contributed by atoms with Gasteiger partial charge in [0, 0.05) is 37.5 Å². The predicted molar refractivity (Wildman–Crippen MR) is 80.4 cm³/mol. The number of fused-ring (bicyclic) bond motifs is 1. The topological polar surface area (TPSA) is 48.3 Å². The largest absolute Gasteiger partial charge is 0.454 e. The Kier molecular flexibility index (Phi) is 3.84. The Hall–Kier alpha value is -2.01. The summed E-state index contributed by atoms with van der Waals surface area (Å²) in [7, 11) is 1.96. The van der Waals surface area contributed by atoms with Gasteiger partial charge in [0.1, 0.15) is 0 Å². The summed E-state index contributed by atoms with van der Waals surface area (Å²) in [6.07, 6.45) is 2.08. The van der Waals surface area contributed by atoms with Gasteiger partial charge in [-0.15, -0.1) is 0 Å². The van der Waals surface area contributed by atoms with Gasteiger partial charge in [0.15, 0.2) is 11.5 Å². The number of nitrogens with one attached hydrogen (secondary N) is 1. The van der Waals surface area contributed by atoms with Gasteiger partial charge in [-0.3, -0.25) is 4.68 Å². The van der Waals surface area contributed by atoms with Gasteiger partial charge in [0.2, 0.25) is 6.79 Å². The maximum Gasteiger partial charge on any atom is 0.231 e. The van der Waals surface area contributed by atoms with Crippen LogP contribution in [0.3, 0.4) is 0 Å². The Morgan fingerprint density at radius 3 is 2.86 bits per heavy atom. The van der Waals surface area contributed by atoms with Crippen LogP contribution in [0.2, 0.25) is 0 Å². The highest BCUT2D eigenvalue weighted by Gasteiger charge is 2.17. The van der Waals surface area contributed by atoms with Crippen molar-refractivity contribution in [3.63, 3.8) is 0 Å². The molecule has 112 valence electrons. The summed E-state index contributed by atoms with van der Waals surface area (Å²) in [6.45, 7) is 6.19. The molecule has 3 rings (SSSR count). The fraction of sp³-hybridized carbons (Fsp3) is 0.438. The van der Waals surface area contributed by atoms with Crippen LogP contribution in [-0.2, 0) is 20.1 Å². The van der Waals surface area contributed by atoms with Crippen molar-refractivity contribution in [1.29, 1.82) is 0 Å². The minimum absolute atomic E-state index is 0.312. The molecule has 0 aliphatic carbocycles. The number of rotatable bonds is 5. The van der Waals surface area contributed by atoms with Gasteiger partial charge >= 0.3 is 0 Å². The molecule has 0 unspecified atom stereocenters. The van der Waals surface area contributed by atoms with Crippen molar-refractivity contribution >= 4 is 0 Å². The monoisotopic (exact) mass is 287 g/mol. The van der Waals surface area contributed by atoms with Gasteiger partial charge in [-0.2, -0.15) is 5.10 Å². The van der Waals surface area contributed by atoms with Crippen LogP contribution in [0.5, 0.6) is 11.5 Å². The summed E-state index contributed by atoms with van der Waals surface area (Å²) in [5.74, 6) is 2.12. The number of ether oxygens (including phenoxy) is 2. The zero-order chi connectivity index (χ0) is 14.8. The first-order valence-electron chi connectivity index (χ1n) is 7.25. The maximum atomic E-state index is 5.52. The molecule has 0 atom stereocenters. The van der Waals surface area contributed by atoms with Crippen LogP contribution in [0.1, 0.15) is 36.6 Å². The molecule has 5 nitrogen and oxygen atoms in total. The molecule has 0 radical (unpaired) electrons. The van der Waals surface area contributed by atoms with Crippen LogP contribution in [0.25, 0.3) is 0 Å². The second-order valence-electron chi connectivity index (χ2n) is 5.62. The highest BCUT2D eigenvalue weighted by Crippen LogP contribution is 2.35. The minimum Gasteiger partial charge on any atom is -0.454 e. The number of hydrogen-bond donors (Lipinski definition) is 1. The fourth-order valence-electron chi connectivity index (χ4n) is 2.64. The summed E-state index contributed by atoms with van der Waals surface area (Å²) in [4.78, 5) is 0. The van der Waals surface area contributed by atoms with Crippen molar-refractivity contribution in [2.24, 2.45) is 7.05 Å². The second kappa shape index (κ2) is 5.77. The maximum absolute atomic E-state index is 5.52. The third kappa shape index (κ3) is 2.88. The molecule has 0 bridgehead atoms. The number of aromatic nitrogens is 2. The van der Waals surface area contributed by atoms with Crippen molar-refractivity contribution in [2.75, 3.05) is 6.79 Å². The van der Waals surface area contributed by atoms with E-state index in [2.05, 4.69) is 36.5 Å². The molecule has 0 spiro atoms. The van der Waals surface area contributed by atoms with E-state index in [9.17, 15) is 0 Å². The fourth-order valence-corrected chi connectivity index (χ4v) is 2.64. The molecule has 2 heterocycles. The molecular formula is C16H21N3O2. The molecule has 1 aromatic heterocycles. The van der Waals surface area contributed by atoms with Crippen molar-refractivity contribution in [3.05, 3.63) is 41.2 Å². The van der Waals surface area contributed by atoms with Gasteiger partial charge in [-0.05, 0) is 12.0 Å². The molecule has 0 fully saturated rings. The lowest BCUT2D eigenvalue weighted by Gasteiger charge is -2.09. The van der Waals surface area contributed by atoms with Crippen molar-refractivity contribution in [2.45, 2.75) is 32.9 Å². The smallest absolute Gasteiger partial charge is 0.231 e. The normalized spacial score (nSPS) is 13.1. The Morgan fingerprint density at radius 2 is 2.05 bits per heavy atom. The Balaban J connectivity index is 1.66. The lowest BCUT2D eigenvalue weighted by atomic mass is 10.1. The quantitative estimate of drug-likeness (QED) is 0.918. The predicted octanol–water partition coefficient (Wildman–Crippen LogP) is 2.56. The molecule has 5 heteroatoms. The zero-order valence-electron chi connectivity index (χ0n) is 12.7. The third-order valence-electron chi connectivity index (χ3n) is 3.59. The SMILES string of the molecule is CC(C)c1nn(C)cc1CNCc1cccc2c1OCO2. The van der Waals surface area contributed by atoms with E-state index in [1.165, 1.54) is 5.56 Å². The van der Waals surface area contributed by atoms with Crippen LogP contribution < -0.4 is 14.8 Å². The van der Waals surface area contributed by atoms with E-state index in [0.29, 0.717) is 12.7 Å². The second-order valence-corrected chi connectivity index (χ2v) is 5.62. The van der Waals surface area contributed by atoms with Crippen LogP contribution in [-0.4, -0.2) is 16.6 Å². The number of hydrogen-bond acceptors (Lipinski definition) is 4. The van der Waals surface area contributed by atoms with Crippen LogP contribution in [0.4, 0.5) is 0 Å². The number of para-hydroxylation sites is 1. The average Bonchev–Trinajstić information content (AvgIpc) is 3.05. The van der Waals surface area contributed by atoms with E-state index < -0.39 is 0 Å². The number of benzene rings is 1. The van der Waals surface area contributed by atoms with Gasteiger partial charge in [0.05, 0.1) is 5.69 Å². The van der Waals surface area contributed by atoms with Gasteiger partial charge < -0.3 is 14.8 Å². The summed E-state index contributed by atoms with van der Waals surface area (Å²) >= 11 is 0. The number of nitrogens with zero attached hydrogens (tertiary/aromatic N) is 2. The molecule has 1 aliphatic rings. The van der Waals surface area contributed by atoms with Crippen molar-refractivity contribution < 1.29 is 9.47 Å². The summed E-state index contributed by atoms with van der Waals surface area (Å²) in [5, 5.41) is 7.99. The Morgan fingerprint density at radius 1 is 1.24 bits per heavy atom. The highest BCUT2D eigenvalue weighted by atomic mass is 16.7. The van der Waals surface area contributed by atoms with E-state index in [4.69, 9.17) is 9.47 Å². The van der Waals surface area contributed by atoms with Gasteiger partial charge in [0.25, 0.3) is 0 Å². The lowest BCUT2D eigenvalue weighted by Crippen LogP contribution is -2.14. The molecule has 0 saturated heterocycles. The van der Waals surface area contributed by atoms with E-state index in [1.54, 1.807) is 0 Å². The lowest BCUT2D eigenvalue weighted by molar-refractivity contribution is 0.173. The van der Waals surface area contributed by atoms with Crippen molar-refractivity contribution in [1.82, 2.24) is 15.1 Å². The Bertz CT molecular complexity index is 634. The Labute approximate surface area is 124 Å². The number of aryl methyl sites for hydroxylation is 1. The minimum atomic E-state index is 0.312. The first-order valence-corrected chi connectivity index (χ1v) is 7.25. The van der Waals surface area contributed by atoms with Crippen LogP contribution in [0, 0.1) is 0 Å². The summed E-state index contributed by atoms with van der Waals surface area (Å²) < 4.78 is 12.8. The molecular weight excluding hydrogens is 266 g/mol. The summed E-state index contributed by atoms with van der Waals surface area (Å²) in [6, 6.07) is 5.99. The molecule has 0 amide bonds. The molecule has 21 heavy (non-hydrogen) atoms. The van der Waals surface area contributed by atoms with Gasteiger partial charge in [-0.25, -0.2) is 0 Å². The van der Waals surface area contributed by atoms with Crippen LogP contribution >= 0.6 is 0 Å². The van der Waals surface area contributed by atoms with E-state index in [1.807, 2.05) is 23.9 Å². The van der Waals surface area contributed by atoms with Crippen LogP contribution in [0.15, 0.2) is 24.4 Å². The molecule has 0 saturated carbocycles. The van der Waals surface area contributed by atoms with E-state index in [0.717, 1.165) is 35.8 Å².